The van der Waals surface area contributed by atoms with Gasteiger partial charge < -0.3 is 9.64 Å². The van der Waals surface area contributed by atoms with Gasteiger partial charge in [0.05, 0.1) is 18.0 Å². The van der Waals surface area contributed by atoms with E-state index < -0.39 is 0 Å². The maximum atomic E-state index is 12.7. The molecular weight excluding hydrogens is 304 g/mol. The molecule has 3 heterocycles. The molecular formula is C18H22N4O2. The van der Waals surface area contributed by atoms with E-state index in [2.05, 4.69) is 10.1 Å². The molecule has 0 aromatic carbocycles. The zero-order chi connectivity index (χ0) is 16.7. The lowest BCUT2D eigenvalue weighted by molar-refractivity contribution is 0.0722. The molecule has 4 rings (SSSR count). The van der Waals surface area contributed by atoms with Crippen LogP contribution in [0.4, 0.5) is 0 Å². The first-order valence-corrected chi connectivity index (χ1v) is 8.51. The van der Waals surface area contributed by atoms with E-state index in [0.717, 1.165) is 35.9 Å². The third-order valence-corrected chi connectivity index (χ3v) is 4.69. The quantitative estimate of drug-likeness (QED) is 0.863. The molecule has 6 nitrogen and oxygen atoms in total. The van der Waals surface area contributed by atoms with Gasteiger partial charge in [-0.15, -0.1) is 0 Å². The third-order valence-electron chi connectivity index (χ3n) is 4.69. The molecule has 1 amide bonds. The number of pyridine rings is 1. The fraction of sp³-hybridized carbons (Fsp3) is 0.500. The topological polar surface area (TPSA) is 60.3 Å². The van der Waals surface area contributed by atoms with Crippen molar-refractivity contribution in [2.75, 3.05) is 13.2 Å². The van der Waals surface area contributed by atoms with Gasteiger partial charge in [-0.2, -0.15) is 5.10 Å². The largest absolute Gasteiger partial charge is 0.477 e. The predicted octanol–water partition coefficient (Wildman–Crippen LogP) is 2.11. The Labute approximate surface area is 141 Å². The van der Waals surface area contributed by atoms with Crippen LogP contribution in [0.2, 0.25) is 0 Å². The standard InChI is InChI=1S/C18H22N4O2/c1-12-9-16(21(2)20-12)18(23)22-8-7-15-14(10-22)5-6-17(19-15)24-11-13-3-4-13/h5-6,9,13H,3-4,7-8,10-11H2,1-2H3. The summed E-state index contributed by atoms with van der Waals surface area (Å²) in [7, 11) is 1.81. The number of aromatic nitrogens is 3. The molecule has 0 atom stereocenters. The molecule has 1 fully saturated rings. The predicted molar refractivity (Wildman–Crippen MR) is 88.8 cm³/mol. The van der Waals surface area contributed by atoms with Crippen molar-refractivity contribution in [2.45, 2.75) is 32.7 Å². The lowest BCUT2D eigenvalue weighted by Gasteiger charge is -2.28. The Balaban J connectivity index is 1.47. The highest BCUT2D eigenvalue weighted by Crippen LogP contribution is 2.29. The van der Waals surface area contributed by atoms with Crippen LogP contribution in [-0.2, 0) is 20.0 Å². The van der Waals surface area contributed by atoms with Crippen LogP contribution in [0.25, 0.3) is 0 Å². The van der Waals surface area contributed by atoms with E-state index in [4.69, 9.17) is 4.74 Å². The second kappa shape index (κ2) is 5.92. The van der Waals surface area contributed by atoms with Crippen molar-refractivity contribution in [1.82, 2.24) is 19.7 Å². The monoisotopic (exact) mass is 326 g/mol. The molecule has 0 N–H and O–H groups in total. The minimum absolute atomic E-state index is 0.0257. The fourth-order valence-corrected chi connectivity index (χ4v) is 3.11. The van der Waals surface area contributed by atoms with Gasteiger partial charge in [-0.05, 0) is 37.3 Å². The number of carbonyl (C=O) groups is 1. The zero-order valence-electron chi connectivity index (χ0n) is 14.2. The smallest absolute Gasteiger partial charge is 0.272 e. The van der Waals surface area contributed by atoms with Gasteiger partial charge >= 0.3 is 0 Å². The van der Waals surface area contributed by atoms with E-state index in [0.29, 0.717) is 24.7 Å². The summed E-state index contributed by atoms with van der Waals surface area (Å²) in [6.45, 7) is 3.94. The number of carbonyl (C=O) groups excluding carboxylic acids is 1. The summed E-state index contributed by atoms with van der Waals surface area (Å²) in [4.78, 5) is 19.2. The number of ether oxygens (including phenoxy) is 1. The first-order valence-electron chi connectivity index (χ1n) is 8.51. The molecule has 6 heteroatoms. The first kappa shape index (κ1) is 15.2. The number of hydrogen-bond donors (Lipinski definition) is 0. The Hall–Kier alpha value is -2.37. The number of aryl methyl sites for hydroxylation is 2. The van der Waals surface area contributed by atoms with Crippen LogP contribution in [0.3, 0.4) is 0 Å². The van der Waals surface area contributed by atoms with E-state index in [1.165, 1.54) is 12.8 Å². The molecule has 2 aromatic heterocycles. The van der Waals surface area contributed by atoms with E-state index in [1.54, 1.807) is 4.68 Å². The van der Waals surface area contributed by atoms with E-state index in [1.807, 2.05) is 37.1 Å². The van der Waals surface area contributed by atoms with Crippen LogP contribution in [0, 0.1) is 12.8 Å². The lowest BCUT2D eigenvalue weighted by atomic mass is 10.1. The Morgan fingerprint density at radius 1 is 1.38 bits per heavy atom. The number of amides is 1. The second-order valence-electron chi connectivity index (χ2n) is 6.78. The van der Waals surface area contributed by atoms with Gasteiger partial charge in [0.15, 0.2) is 0 Å². The molecule has 2 aliphatic rings. The van der Waals surface area contributed by atoms with Crippen LogP contribution in [0.15, 0.2) is 18.2 Å². The Kier molecular flexibility index (Phi) is 3.75. The Morgan fingerprint density at radius 3 is 2.92 bits per heavy atom. The van der Waals surface area contributed by atoms with Crippen LogP contribution < -0.4 is 4.74 Å². The van der Waals surface area contributed by atoms with E-state index in [-0.39, 0.29) is 5.91 Å². The van der Waals surface area contributed by atoms with E-state index in [9.17, 15) is 4.79 Å². The van der Waals surface area contributed by atoms with Crippen LogP contribution >= 0.6 is 0 Å². The maximum absolute atomic E-state index is 12.7. The highest BCUT2D eigenvalue weighted by Gasteiger charge is 2.26. The number of nitrogens with zero attached hydrogens (tertiary/aromatic N) is 4. The molecule has 0 unspecified atom stereocenters. The fourth-order valence-electron chi connectivity index (χ4n) is 3.11. The third kappa shape index (κ3) is 3.00. The summed E-state index contributed by atoms with van der Waals surface area (Å²) in [5.41, 5.74) is 3.64. The average Bonchev–Trinajstić information content (AvgIpc) is 3.35. The molecule has 0 bridgehead atoms. The second-order valence-corrected chi connectivity index (χ2v) is 6.78. The number of rotatable bonds is 4. The maximum Gasteiger partial charge on any atom is 0.272 e. The molecule has 0 saturated heterocycles. The van der Waals surface area contributed by atoms with Crippen molar-refractivity contribution in [1.29, 1.82) is 0 Å². The van der Waals surface area contributed by atoms with Crippen molar-refractivity contribution in [2.24, 2.45) is 13.0 Å². The summed E-state index contributed by atoms with van der Waals surface area (Å²) < 4.78 is 7.41. The summed E-state index contributed by atoms with van der Waals surface area (Å²) >= 11 is 0. The molecule has 24 heavy (non-hydrogen) atoms. The Bertz CT molecular complexity index is 779. The first-order chi connectivity index (χ1) is 11.6. The van der Waals surface area contributed by atoms with Gasteiger partial charge in [-0.1, -0.05) is 6.07 Å². The van der Waals surface area contributed by atoms with Gasteiger partial charge in [0.25, 0.3) is 5.91 Å². The van der Waals surface area contributed by atoms with Gasteiger partial charge in [0.1, 0.15) is 5.69 Å². The van der Waals surface area contributed by atoms with Crippen molar-refractivity contribution < 1.29 is 9.53 Å². The molecule has 0 spiro atoms. The van der Waals surface area contributed by atoms with E-state index >= 15 is 0 Å². The minimum atomic E-state index is 0.0257. The molecule has 0 radical (unpaired) electrons. The molecule has 1 saturated carbocycles. The molecule has 126 valence electrons. The average molecular weight is 326 g/mol. The molecule has 1 aliphatic heterocycles. The summed E-state index contributed by atoms with van der Waals surface area (Å²) in [5, 5.41) is 4.26. The van der Waals surface area contributed by atoms with Crippen molar-refractivity contribution in [3.63, 3.8) is 0 Å². The minimum Gasteiger partial charge on any atom is -0.477 e. The number of fused-ring (bicyclic) bond motifs is 1. The van der Waals surface area contributed by atoms with Crippen LogP contribution in [0.5, 0.6) is 5.88 Å². The van der Waals surface area contributed by atoms with Crippen molar-refractivity contribution in [3.05, 3.63) is 40.8 Å². The van der Waals surface area contributed by atoms with Gasteiger partial charge in [0.2, 0.25) is 5.88 Å². The normalized spacial score (nSPS) is 16.8. The Morgan fingerprint density at radius 2 is 2.21 bits per heavy atom. The zero-order valence-corrected chi connectivity index (χ0v) is 14.2. The van der Waals surface area contributed by atoms with Gasteiger partial charge in [-0.25, -0.2) is 4.98 Å². The molecule has 1 aliphatic carbocycles. The van der Waals surface area contributed by atoms with Crippen LogP contribution in [-0.4, -0.2) is 38.7 Å². The highest BCUT2D eigenvalue weighted by molar-refractivity contribution is 5.92. The van der Waals surface area contributed by atoms with Crippen molar-refractivity contribution in [3.8, 4) is 5.88 Å². The van der Waals surface area contributed by atoms with Crippen molar-refractivity contribution >= 4 is 5.91 Å². The summed E-state index contributed by atoms with van der Waals surface area (Å²) in [6, 6.07) is 5.80. The number of hydrogen-bond acceptors (Lipinski definition) is 4. The summed E-state index contributed by atoms with van der Waals surface area (Å²) in [5.74, 6) is 1.46. The SMILES string of the molecule is Cc1cc(C(=O)N2CCc3nc(OCC4CC4)ccc3C2)n(C)n1. The summed E-state index contributed by atoms with van der Waals surface area (Å²) in [6.07, 6.45) is 3.31. The highest BCUT2D eigenvalue weighted by atomic mass is 16.5. The van der Waals surface area contributed by atoms with Gasteiger partial charge in [0, 0.05) is 32.6 Å². The van der Waals surface area contributed by atoms with Crippen LogP contribution in [0.1, 0.15) is 40.3 Å². The molecule has 2 aromatic rings. The van der Waals surface area contributed by atoms with Gasteiger partial charge in [-0.3, -0.25) is 9.48 Å². The lowest BCUT2D eigenvalue weighted by Crippen LogP contribution is -2.37.